The molecule has 0 atom stereocenters. The second-order valence-electron chi connectivity index (χ2n) is 5.27. The quantitative estimate of drug-likeness (QED) is 0.758. The Bertz CT molecular complexity index is 387. The highest BCUT2D eigenvalue weighted by molar-refractivity contribution is 5.41. The lowest BCUT2D eigenvalue weighted by molar-refractivity contribution is 0.315. The van der Waals surface area contributed by atoms with Crippen LogP contribution in [0.25, 0.3) is 0 Å². The fourth-order valence-corrected chi connectivity index (χ4v) is 2.18. The van der Waals surface area contributed by atoms with Gasteiger partial charge in [0, 0.05) is 0 Å². The van der Waals surface area contributed by atoms with E-state index in [1.165, 1.54) is 16.7 Å². The van der Waals surface area contributed by atoms with Crippen molar-refractivity contribution in [1.82, 2.24) is 0 Å². The molecule has 3 heteroatoms. The van der Waals surface area contributed by atoms with Gasteiger partial charge in [-0.25, -0.2) is 0 Å². The van der Waals surface area contributed by atoms with Crippen LogP contribution in [0.4, 0.5) is 0 Å². The second-order valence-corrected chi connectivity index (χ2v) is 5.27. The molecule has 0 bridgehead atoms. The first kappa shape index (κ1) is 16.0. The Labute approximate surface area is 117 Å². The Hall–Kier alpha value is -1.06. The van der Waals surface area contributed by atoms with Crippen molar-refractivity contribution in [3.63, 3.8) is 0 Å². The van der Waals surface area contributed by atoms with Crippen LogP contribution in [0.15, 0.2) is 12.1 Å². The minimum Gasteiger partial charge on any atom is -0.493 e. The minimum absolute atomic E-state index is 0.427. The van der Waals surface area contributed by atoms with E-state index in [0.717, 1.165) is 31.6 Å². The molecule has 0 saturated heterocycles. The van der Waals surface area contributed by atoms with Gasteiger partial charge in [0.05, 0.1) is 6.61 Å². The molecule has 1 rings (SSSR count). The maximum Gasteiger partial charge on any atom is 0.122 e. The van der Waals surface area contributed by atoms with Gasteiger partial charge in [-0.15, -0.1) is 0 Å². The summed E-state index contributed by atoms with van der Waals surface area (Å²) in [6.45, 7) is 8.50. The van der Waals surface area contributed by atoms with Gasteiger partial charge in [-0.05, 0) is 74.9 Å². The summed E-state index contributed by atoms with van der Waals surface area (Å²) in [5.41, 5.74) is 15.3. The summed E-state index contributed by atoms with van der Waals surface area (Å²) < 4.78 is 5.75. The predicted octanol–water partition coefficient (Wildman–Crippen LogP) is 2.56. The van der Waals surface area contributed by atoms with Crippen molar-refractivity contribution in [2.45, 2.75) is 40.0 Å². The fourth-order valence-electron chi connectivity index (χ4n) is 2.18. The molecule has 0 spiro atoms. The Kier molecular flexibility index (Phi) is 6.89. The van der Waals surface area contributed by atoms with E-state index in [1.54, 1.807) is 0 Å². The Morgan fingerprint density at radius 2 is 1.79 bits per heavy atom. The van der Waals surface area contributed by atoms with Gasteiger partial charge >= 0.3 is 0 Å². The van der Waals surface area contributed by atoms with Crippen LogP contribution in [0.1, 0.15) is 36.5 Å². The number of hydrogen-bond acceptors (Lipinski definition) is 3. The third kappa shape index (κ3) is 4.84. The van der Waals surface area contributed by atoms with E-state index in [-0.39, 0.29) is 0 Å². The molecule has 19 heavy (non-hydrogen) atoms. The summed E-state index contributed by atoms with van der Waals surface area (Å²) in [6, 6.07) is 4.39. The van der Waals surface area contributed by atoms with Crippen molar-refractivity contribution in [3.05, 3.63) is 28.8 Å². The van der Waals surface area contributed by atoms with E-state index in [4.69, 9.17) is 16.2 Å². The molecular weight excluding hydrogens is 236 g/mol. The van der Waals surface area contributed by atoms with Crippen LogP contribution in [0.3, 0.4) is 0 Å². The predicted molar refractivity (Wildman–Crippen MR) is 81.6 cm³/mol. The summed E-state index contributed by atoms with van der Waals surface area (Å²) >= 11 is 0. The van der Waals surface area contributed by atoms with Crippen LogP contribution in [0.5, 0.6) is 5.75 Å². The third-order valence-corrected chi connectivity index (χ3v) is 3.58. The topological polar surface area (TPSA) is 61.3 Å². The third-order valence-electron chi connectivity index (χ3n) is 3.58. The highest BCUT2D eigenvalue weighted by atomic mass is 16.5. The van der Waals surface area contributed by atoms with Gasteiger partial charge in [0.1, 0.15) is 5.75 Å². The van der Waals surface area contributed by atoms with E-state index >= 15 is 0 Å². The lowest BCUT2D eigenvalue weighted by Crippen LogP contribution is -2.23. The summed E-state index contributed by atoms with van der Waals surface area (Å²) in [5.74, 6) is 1.44. The smallest absolute Gasteiger partial charge is 0.122 e. The van der Waals surface area contributed by atoms with Crippen LogP contribution in [0, 0.1) is 19.8 Å². The first-order valence-corrected chi connectivity index (χ1v) is 7.25. The number of rotatable bonds is 8. The van der Waals surface area contributed by atoms with E-state index in [2.05, 4.69) is 32.9 Å². The molecule has 0 aromatic heterocycles. The van der Waals surface area contributed by atoms with Gasteiger partial charge < -0.3 is 16.2 Å². The van der Waals surface area contributed by atoms with E-state index in [0.29, 0.717) is 19.0 Å². The Morgan fingerprint density at radius 3 is 2.37 bits per heavy atom. The van der Waals surface area contributed by atoms with E-state index in [1.807, 2.05) is 0 Å². The molecule has 4 N–H and O–H groups in total. The van der Waals surface area contributed by atoms with E-state index in [9.17, 15) is 0 Å². The zero-order valence-corrected chi connectivity index (χ0v) is 12.5. The van der Waals surface area contributed by atoms with Crippen molar-refractivity contribution in [3.8, 4) is 5.75 Å². The zero-order chi connectivity index (χ0) is 14.3. The summed E-state index contributed by atoms with van der Waals surface area (Å²) in [4.78, 5) is 0. The average Bonchev–Trinajstić information content (AvgIpc) is 2.41. The van der Waals surface area contributed by atoms with Gasteiger partial charge in [-0.3, -0.25) is 0 Å². The summed E-state index contributed by atoms with van der Waals surface area (Å²) in [7, 11) is 0. The van der Waals surface area contributed by atoms with Crippen LogP contribution >= 0.6 is 0 Å². The Balaban J connectivity index is 2.72. The molecule has 0 amide bonds. The van der Waals surface area contributed by atoms with Gasteiger partial charge in [0.25, 0.3) is 0 Å². The second kappa shape index (κ2) is 8.18. The van der Waals surface area contributed by atoms with Crippen LogP contribution in [-0.4, -0.2) is 19.7 Å². The molecular formula is C16H28N2O. The lowest BCUT2D eigenvalue weighted by Gasteiger charge is -2.15. The van der Waals surface area contributed by atoms with Crippen LogP contribution < -0.4 is 16.2 Å². The first-order chi connectivity index (χ1) is 9.12. The molecule has 0 unspecified atom stereocenters. The molecule has 1 aromatic carbocycles. The highest BCUT2D eigenvalue weighted by Gasteiger charge is 2.09. The molecule has 3 nitrogen and oxygen atoms in total. The molecule has 0 heterocycles. The average molecular weight is 264 g/mol. The minimum atomic E-state index is 0.427. The van der Waals surface area contributed by atoms with Crippen LogP contribution in [-0.2, 0) is 6.42 Å². The molecule has 1 aromatic rings. The van der Waals surface area contributed by atoms with Crippen molar-refractivity contribution in [2.24, 2.45) is 17.4 Å². The first-order valence-electron chi connectivity index (χ1n) is 7.25. The SMILES string of the molecule is CCCOc1cc(C)c(CCC(CN)CN)cc1C. The number of ether oxygens (including phenoxy) is 1. The highest BCUT2D eigenvalue weighted by Crippen LogP contribution is 2.24. The normalized spacial score (nSPS) is 11.1. The Morgan fingerprint density at radius 1 is 1.11 bits per heavy atom. The largest absolute Gasteiger partial charge is 0.493 e. The maximum atomic E-state index is 5.75. The lowest BCUT2D eigenvalue weighted by atomic mass is 9.95. The van der Waals surface area contributed by atoms with Crippen molar-refractivity contribution >= 4 is 0 Å². The molecule has 0 aliphatic carbocycles. The molecule has 0 saturated carbocycles. The molecule has 0 aliphatic heterocycles. The maximum absolute atomic E-state index is 5.75. The van der Waals surface area contributed by atoms with Gasteiger partial charge in [-0.1, -0.05) is 13.0 Å². The molecule has 108 valence electrons. The van der Waals surface area contributed by atoms with Gasteiger partial charge in [0.2, 0.25) is 0 Å². The van der Waals surface area contributed by atoms with Crippen molar-refractivity contribution < 1.29 is 4.74 Å². The van der Waals surface area contributed by atoms with Gasteiger partial charge in [-0.2, -0.15) is 0 Å². The number of aryl methyl sites for hydroxylation is 3. The number of hydrogen-bond donors (Lipinski definition) is 2. The summed E-state index contributed by atoms with van der Waals surface area (Å²) in [5, 5.41) is 0. The van der Waals surface area contributed by atoms with Gasteiger partial charge in [0.15, 0.2) is 0 Å². The number of benzene rings is 1. The zero-order valence-electron chi connectivity index (χ0n) is 12.5. The summed E-state index contributed by atoms with van der Waals surface area (Å²) in [6.07, 6.45) is 3.14. The number of nitrogens with two attached hydrogens (primary N) is 2. The molecule has 0 radical (unpaired) electrons. The standard InChI is InChI=1S/C16H28N2O/c1-4-7-19-16-9-12(2)15(8-13(16)3)6-5-14(10-17)11-18/h8-9,14H,4-7,10-11,17-18H2,1-3H3. The van der Waals surface area contributed by atoms with Crippen molar-refractivity contribution in [1.29, 1.82) is 0 Å². The fraction of sp³-hybridized carbons (Fsp3) is 0.625. The molecule has 0 aliphatic rings. The van der Waals surface area contributed by atoms with E-state index < -0.39 is 0 Å². The molecule has 0 fully saturated rings. The van der Waals surface area contributed by atoms with Crippen LogP contribution in [0.2, 0.25) is 0 Å². The van der Waals surface area contributed by atoms with Crippen molar-refractivity contribution in [2.75, 3.05) is 19.7 Å². The monoisotopic (exact) mass is 264 g/mol.